The van der Waals surface area contributed by atoms with Crippen molar-refractivity contribution in [3.8, 4) is 11.5 Å². The molecule has 0 unspecified atom stereocenters. The molecule has 21 heavy (non-hydrogen) atoms. The standard InChI is InChI=1S/C18H19NO2/c20-18(15-8-9-15)19-13-12-14-6-10-17(11-7-14)21-16-4-2-1-3-5-16/h1-7,10-11,15H,8-9,12-13H2,(H,19,20). The van der Waals surface area contributed by atoms with Gasteiger partial charge in [-0.1, -0.05) is 30.3 Å². The quantitative estimate of drug-likeness (QED) is 0.879. The molecular weight excluding hydrogens is 262 g/mol. The van der Waals surface area contributed by atoms with Gasteiger partial charge in [0.1, 0.15) is 11.5 Å². The molecule has 1 N–H and O–H groups in total. The highest BCUT2D eigenvalue weighted by molar-refractivity contribution is 5.80. The molecule has 2 aromatic rings. The molecule has 1 saturated carbocycles. The molecule has 1 aliphatic rings. The van der Waals surface area contributed by atoms with Crippen molar-refractivity contribution in [1.82, 2.24) is 5.32 Å². The molecule has 0 aromatic heterocycles. The van der Waals surface area contributed by atoms with Gasteiger partial charge in [0.05, 0.1) is 0 Å². The second kappa shape index (κ2) is 6.44. The van der Waals surface area contributed by atoms with Crippen LogP contribution < -0.4 is 10.1 Å². The fourth-order valence-electron chi connectivity index (χ4n) is 2.17. The first-order valence-electron chi connectivity index (χ1n) is 7.41. The highest BCUT2D eigenvalue weighted by Crippen LogP contribution is 2.28. The highest BCUT2D eigenvalue weighted by Gasteiger charge is 2.28. The van der Waals surface area contributed by atoms with E-state index >= 15 is 0 Å². The first-order chi connectivity index (χ1) is 10.3. The van der Waals surface area contributed by atoms with E-state index in [4.69, 9.17) is 4.74 Å². The van der Waals surface area contributed by atoms with Crippen LogP contribution in [0.25, 0.3) is 0 Å². The summed E-state index contributed by atoms with van der Waals surface area (Å²) in [7, 11) is 0. The summed E-state index contributed by atoms with van der Waals surface area (Å²) in [5.41, 5.74) is 1.20. The number of nitrogens with one attached hydrogen (secondary N) is 1. The molecule has 1 fully saturated rings. The Kier molecular flexibility index (Phi) is 4.20. The van der Waals surface area contributed by atoms with E-state index in [1.165, 1.54) is 5.56 Å². The maximum absolute atomic E-state index is 11.5. The summed E-state index contributed by atoms with van der Waals surface area (Å²) in [6.07, 6.45) is 2.96. The van der Waals surface area contributed by atoms with E-state index in [1.807, 2.05) is 54.6 Å². The molecule has 0 saturated heterocycles. The Labute approximate surface area is 124 Å². The van der Waals surface area contributed by atoms with Gasteiger partial charge in [0.2, 0.25) is 5.91 Å². The summed E-state index contributed by atoms with van der Waals surface area (Å²) in [5, 5.41) is 2.98. The minimum absolute atomic E-state index is 0.207. The van der Waals surface area contributed by atoms with Crippen molar-refractivity contribution >= 4 is 5.91 Å². The van der Waals surface area contributed by atoms with Crippen LogP contribution in [-0.2, 0) is 11.2 Å². The van der Waals surface area contributed by atoms with Gasteiger partial charge in [0, 0.05) is 12.5 Å². The molecule has 0 heterocycles. The summed E-state index contributed by atoms with van der Waals surface area (Å²) in [6, 6.07) is 17.7. The number of carbonyl (C=O) groups is 1. The van der Waals surface area contributed by atoms with Crippen molar-refractivity contribution in [1.29, 1.82) is 0 Å². The lowest BCUT2D eigenvalue weighted by atomic mass is 10.1. The van der Waals surface area contributed by atoms with Crippen LogP contribution in [0.3, 0.4) is 0 Å². The zero-order valence-electron chi connectivity index (χ0n) is 11.9. The van der Waals surface area contributed by atoms with Crippen molar-refractivity contribution in [2.75, 3.05) is 6.54 Å². The number of rotatable bonds is 6. The molecule has 0 radical (unpaired) electrons. The van der Waals surface area contributed by atoms with Gasteiger partial charge in [-0.25, -0.2) is 0 Å². The molecular formula is C18H19NO2. The van der Waals surface area contributed by atoms with Crippen LogP contribution in [-0.4, -0.2) is 12.5 Å². The second-order valence-corrected chi connectivity index (χ2v) is 5.37. The van der Waals surface area contributed by atoms with Crippen LogP contribution in [0.2, 0.25) is 0 Å². The van der Waals surface area contributed by atoms with Gasteiger partial charge >= 0.3 is 0 Å². The van der Waals surface area contributed by atoms with Gasteiger partial charge in [-0.3, -0.25) is 4.79 Å². The van der Waals surface area contributed by atoms with Crippen LogP contribution in [0.5, 0.6) is 11.5 Å². The maximum Gasteiger partial charge on any atom is 0.223 e. The minimum atomic E-state index is 0.207. The number of hydrogen-bond donors (Lipinski definition) is 1. The topological polar surface area (TPSA) is 38.3 Å². The monoisotopic (exact) mass is 281 g/mol. The molecule has 0 aliphatic heterocycles. The summed E-state index contributed by atoms with van der Waals surface area (Å²) in [5.74, 6) is 2.15. The van der Waals surface area contributed by atoms with E-state index in [9.17, 15) is 4.79 Å². The van der Waals surface area contributed by atoms with Crippen LogP contribution in [0.15, 0.2) is 54.6 Å². The Hall–Kier alpha value is -2.29. The molecule has 1 amide bonds. The Morgan fingerprint density at radius 3 is 2.33 bits per heavy atom. The number of carbonyl (C=O) groups excluding carboxylic acids is 1. The fraction of sp³-hybridized carbons (Fsp3) is 0.278. The smallest absolute Gasteiger partial charge is 0.223 e. The summed E-state index contributed by atoms with van der Waals surface area (Å²) >= 11 is 0. The molecule has 3 nitrogen and oxygen atoms in total. The Bertz CT molecular complexity index is 588. The van der Waals surface area contributed by atoms with Crippen molar-refractivity contribution in [2.45, 2.75) is 19.3 Å². The molecule has 1 aliphatic carbocycles. The number of hydrogen-bond acceptors (Lipinski definition) is 2. The molecule has 0 bridgehead atoms. The average molecular weight is 281 g/mol. The van der Waals surface area contributed by atoms with E-state index in [1.54, 1.807) is 0 Å². The van der Waals surface area contributed by atoms with E-state index in [-0.39, 0.29) is 11.8 Å². The van der Waals surface area contributed by atoms with Gasteiger partial charge in [0.15, 0.2) is 0 Å². The van der Waals surface area contributed by atoms with Gasteiger partial charge in [-0.05, 0) is 49.1 Å². The highest BCUT2D eigenvalue weighted by atomic mass is 16.5. The molecule has 3 rings (SSSR count). The van der Waals surface area contributed by atoms with Gasteiger partial charge < -0.3 is 10.1 Å². The van der Waals surface area contributed by atoms with Crippen LogP contribution in [0.1, 0.15) is 18.4 Å². The Morgan fingerprint density at radius 1 is 1.00 bits per heavy atom. The third-order valence-corrected chi connectivity index (χ3v) is 3.56. The summed E-state index contributed by atoms with van der Waals surface area (Å²) in [6.45, 7) is 0.703. The van der Waals surface area contributed by atoms with E-state index in [2.05, 4.69) is 5.32 Å². The lowest BCUT2D eigenvalue weighted by Gasteiger charge is -2.07. The lowest BCUT2D eigenvalue weighted by molar-refractivity contribution is -0.122. The van der Waals surface area contributed by atoms with Crippen LogP contribution in [0, 0.1) is 5.92 Å². The second-order valence-electron chi connectivity index (χ2n) is 5.37. The zero-order valence-corrected chi connectivity index (χ0v) is 11.9. The Morgan fingerprint density at radius 2 is 1.67 bits per heavy atom. The SMILES string of the molecule is O=C(NCCc1ccc(Oc2ccccc2)cc1)C1CC1. The summed E-state index contributed by atoms with van der Waals surface area (Å²) < 4.78 is 5.75. The minimum Gasteiger partial charge on any atom is -0.457 e. The average Bonchev–Trinajstić information content (AvgIpc) is 3.35. The number of benzene rings is 2. The van der Waals surface area contributed by atoms with Crippen molar-refractivity contribution < 1.29 is 9.53 Å². The van der Waals surface area contributed by atoms with E-state index < -0.39 is 0 Å². The number of ether oxygens (including phenoxy) is 1. The molecule has 3 heteroatoms. The fourth-order valence-corrected chi connectivity index (χ4v) is 2.17. The summed E-state index contributed by atoms with van der Waals surface area (Å²) in [4.78, 5) is 11.5. The zero-order chi connectivity index (χ0) is 14.5. The number of amides is 1. The Balaban J connectivity index is 1.48. The normalized spacial score (nSPS) is 13.7. The third kappa shape index (κ3) is 4.09. The first kappa shape index (κ1) is 13.7. The largest absolute Gasteiger partial charge is 0.457 e. The van der Waals surface area contributed by atoms with Crippen molar-refractivity contribution in [3.05, 3.63) is 60.2 Å². The van der Waals surface area contributed by atoms with Crippen LogP contribution in [0.4, 0.5) is 0 Å². The molecule has 108 valence electrons. The van der Waals surface area contributed by atoms with Crippen molar-refractivity contribution in [3.63, 3.8) is 0 Å². The predicted octanol–water partition coefficient (Wildman–Crippen LogP) is 3.55. The lowest BCUT2D eigenvalue weighted by Crippen LogP contribution is -2.26. The van der Waals surface area contributed by atoms with E-state index in [0.717, 1.165) is 30.8 Å². The third-order valence-electron chi connectivity index (χ3n) is 3.56. The molecule has 0 spiro atoms. The van der Waals surface area contributed by atoms with Crippen LogP contribution >= 0.6 is 0 Å². The molecule has 0 atom stereocenters. The van der Waals surface area contributed by atoms with E-state index in [0.29, 0.717) is 6.54 Å². The van der Waals surface area contributed by atoms with Gasteiger partial charge in [-0.2, -0.15) is 0 Å². The van der Waals surface area contributed by atoms with Gasteiger partial charge in [-0.15, -0.1) is 0 Å². The van der Waals surface area contributed by atoms with Gasteiger partial charge in [0.25, 0.3) is 0 Å². The predicted molar refractivity (Wildman–Crippen MR) is 82.4 cm³/mol. The molecule has 2 aromatic carbocycles. The maximum atomic E-state index is 11.5. The number of para-hydroxylation sites is 1. The van der Waals surface area contributed by atoms with Crippen molar-refractivity contribution in [2.24, 2.45) is 5.92 Å². The first-order valence-corrected chi connectivity index (χ1v) is 7.41.